The Hall–Kier alpha value is -3.46. The van der Waals surface area contributed by atoms with Gasteiger partial charge in [-0.25, -0.2) is 14.3 Å². The third kappa shape index (κ3) is 3.96. The molecule has 0 saturated carbocycles. The first-order valence-electron chi connectivity index (χ1n) is 9.51. The summed E-state index contributed by atoms with van der Waals surface area (Å²) in [5, 5.41) is 13.4. The predicted molar refractivity (Wildman–Crippen MR) is 110 cm³/mol. The summed E-state index contributed by atoms with van der Waals surface area (Å²) in [5.41, 5.74) is -1.77. The van der Waals surface area contributed by atoms with Crippen molar-refractivity contribution in [1.29, 1.82) is 0 Å². The van der Waals surface area contributed by atoms with Crippen LogP contribution < -0.4 is 0 Å². The zero-order valence-corrected chi connectivity index (χ0v) is 17.6. The van der Waals surface area contributed by atoms with Gasteiger partial charge in [0, 0.05) is 6.42 Å². The number of aromatic nitrogens is 3. The van der Waals surface area contributed by atoms with Crippen molar-refractivity contribution in [2.24, 2.45) is 0 Å². The van der Waals surface area contributed by atoms with Crippen molar-refractivity contribution in [3.63, 3.8) is 0 Å². The van der Waals surface area contributed by atoms with E-state index in [2.05, 4.69) is 10.1 Å². The van der Waals surface area contributed by atoms with Crippen molar-refractivity contribution in [3.8, 4) is 0 Å². The molecule has 0 aliphatic carbocycles. The van der Waals surface area contributed by atoms with E-state index in [9.17, 15) is 19.5 Å². The number of hydrogen-bond donors (Lipinski definition) is 1. The van der Waals surface area contributed by atoms with Crippen LogP contribution in [0.15, 0.2) is 42.7 Å². The van der Waals surface area contributed by atoms with Gasteiger partial charge < -0.3 is 14.6 Å². The molecule has 31 heavy (non-hydrogen) atoms. The highest BCUT2D eigenvalue weighted by atomic mass is 35.5. The maximum absolute atomic E-state index is 13.3. The van der Waals surface area contributed by atoms with Crippen molar-refractivity contribution >= 4 is 35.2 Å². The van der Waals surface area contributed by atoms with Crippen LogP contribution in [0, 0.1) is 0 Å². The number of hydrogen-bond acceptors (Lipinski definition) is 7. The van der Waals surface area contributed by atoms with Crippen LogP contribution in [-0.4, -0.2) is 50.8 Å². The van der Waals surface area contributed by atoms with Crippen molar-refractivity contribution in [1.82, 2.24) is 14.6 Å². The zero-order chi connectivity index (χ0) is 22.6. The SMILES string of the molecule is CCOC(=O)C(Cc1ccccc1)(C(=O)OCC)c1cc(Cl)c(C(=O)O)c2ncnn12. The number of carbonyl (C=O) groups excluding carboxylic acids is 2. The maximum Gasteiger partial charge on any atom is 0.341 e. The van der Waals surface area contributed by atoms with E-state index < -0.39 is 23.3 Å². The Morgan fingerprint density at radius 2 is 1.71 bits per heavy atom. The molecule has 0 aliphatic rings. The topological polar surface area (TPSA) is 120 Å². The number of halogens is 1. The summed E-state index contributed by atoms with van der Waals surface area (Å²) in [7, 11) is 0. The Balaban J connectivity index is 2.38. The molecular formula is C21H20ClN3O6. The normalized spacial score (nSPS) is 11.3. The van der Waals surface area contributed by atoms with E-state index >= 15 is 0 Å². The largest absolute Gasteiger partial charge is 0.478 e. The summed E-state index contributed by atoms with van der Waals surface area (Å²) in [6.45, 7) is 3.25. The highest BCUT2D eigenvalue weighted by Crippen LogP contribution is 2.35. The second-order valence-corrected chi connectivity index (χ2v) is 6.97. The van der Waals surface area contributed by atoms with Gasteiger partial charge in [0.05, 0.1) is 23.9 Å². The number of esters is 2. The fourth-order valence-corrected chi connectivity index (χ4v) is 3.66. The molecule has 0 atom stereocenters. The Labute approximate surface area is 182 Å². The summed E-state index contributed by atoms with van der Waals surface area (Å²) >= 11 is 6.27. The average molecular weight is 446 g/mol. The number of rotatable bonds is 8. The first-order chi connectivity index (χ1) is 14.9. The third-order valence-corrected chi connectivity index (χ3v) is 5.01. The van der Waals surface area contributed by atoms with Crippen molar-refractivity contribution in [2.45, 2.75) is 25.7 Å². The first kappa shape index (κ1) is 22.2. The van der Waals surface area contributed by atoms with E-state index in [1.165, 1.54) is 6.07 Å². The van der Waals surface area contributed by atoms with Gasteiger partial charge in [0.15, 0.2) is 5.65 Å². The molecular weight excluding hydrogens is 426 g/mol. The maximum atomic E-state index is 13.3. The summed E-state index contributed by atoms with van der Waals surface area (Å²) in [6.07, 6.45) is 0.994. The van der Waals surface area contributed by atoms with Crippen LogP contribution in [0.3, 0.4) is 0 Å². The van der Waals surface area contributed by atoms with E-state index in [4.69, 9.17) is 21.1 Å². The van der Waals surface area contributed by atoms with Gasteiger partial charge in [-0.1, -0.05) is 41.9 Å². The molecule has 10 heteroatoms. The van der Waals surface area contributed by atoms with Gasteiger partial charge in [0.2, 0.25) is 5.41 Å². The van der Waals surface area contributed by atoms with Crippen LogP contribution in [0.2, 0.25) is 5.02 Å². The first-order valence-corrected chi connectivity index (χ1v) is 9.89. The molecule has 3 aromatic rings. The van der Waals surface area contributed by atoms with Gasteiger partial charge in [-0.2, -0.15) is 5.10 Å². The summed E-state index contributed by atoms with van der Waals surface area (Å²) in [4.78, 5) is 42.4. The molecule has 9 nitrogen and oxygen atoms in total. The number of carboxylic acids is 1. The predicted octanol–water partition coefficient (Wildman–Crippen LogP) is 2.69. The second kappa shape index (κ2) is 9.13. The Bertz CT molecular complexity index is 1110. The molecule has 3 rings (SSSR count). The minimum Gasteiger partial charge on any atom is -0.478 e. The lowest BCUT2D eigenvalue weighted by atomic mass is 9.77. The van der Waals surface area contributed by atoms with Gasteiger partial charge in [0.25, 0.3) is 0 Å². The third-order valence-electron chi connectivity index (χ3n) is 4.71. The van der Waals surface area contributed by atoms with Crippen LogP contribution in [0.1, 0.15) is 35.5 Å². The number of carboxylic acid groups (broad SMARTS) is 1. The van der Waals surface area contributed by atoms with E-state index in [-0.39, 0.29) is 41.6 Å². The molecule has 0 spiro atoms. The smallest absolute Gasteiger partial charge is 0.341 e. The molecule has 0 fully saturated rings. The van der Waals surface area contributed by atoms with E-state index in [1.54, 1.807) is 44.2 Å². The fraction of sp³-hybridized carbons (Fsp3) is 0.286. The fourth-order valence-electron chi connectivity index (χ4n) is 3.39. The van der Waals surface area contributed by atoms with Crippen LogP contribution in [0.25, 0.3) is 5.65 Å². The highest BCUT2D eigenvalue weighted by Gasteiger charge is 2.53. The molecule has 162 valence electrons. The molecule has 0 aliphatic heterocycles. The Morgan fingerprint density at radius 3 is 2.26 bits per heavy atom. The highest BCUT2D eigenvalue weighted by molar-refractivity contribution is 6.34. The molecule has 1 N–H and O–H groups in total. The molecule has 2 aromatic heterocycles. The summed E-state index contributed by atoms with van der Waals surface area (Å²) in [6, 6.07) is 10.1. The lowest BCUT2D eigenvalue weighted by Crippen LogP contribution is -2.49. The number of benzene rings is 1. The minimum absolute atomic E-state index is 0.00393. The monoisotopic (exact) mass is 445 g/mol. The minimum atomic E-state index is -2.00. The van der Waals surface area contributed by atoms with Gasteiger partial charge >= 0.3 is 17.9 Å². The lowest BCUT2D eigenvalue weighted by Gasteiger charge is -2.30. The van der Waals surface area contributed by atoms with Crippen LogP contribution in [0.4, 0.5) is 0 Å². The van der Waals surface area contributed by atoms with Crippen molar-refractivity contribution in [2.75, 3.05) is 13.2 Å². The zero-order valence-electron chi connectivity index (χ0n) is 16.9. The number of fused-ring (bicyclic) bond motifs is 1. The van der Waals surface area contributed by atoms with E-state index in [0.29, 0.717) is 5.56 Å². The quantitative estimate of drug-likeness (QED) is 0.415. The molecule has 1 aromatic carbocycles. The average Bonchev–Trinajstić information content (AvgIpc) is 3.21. The van der Waals surface area contributed by atoms with Crippen molar-refractivity contribution < 1.29 is 29.0 Å². The number of carbonyl (C=O) groups is 3. The van der Waals surface area contributed by atoms with Crippen LogP contribution >= 0.6 is 11.6 Å². The standard InChI is InChI=1S/C21H20ClN3O6/c1-3-30-19(28)21(20(29)31-4-2,11-13-8-6-5-7-9-13)15-10-14(22)16(18(26)27)17-23-12-24-25(15)17/h5-10,12H,3-4,11H2,1-2H3,(H,26,27). The summed E-state index contributed by atoms with van der Waals surface area (Å²) < 4.78 is 11.7. The molecule has 2 heterocycles. The molecule has 0 saturated heterocycles. The Kier molecular flexibility index (Phi) is 6.55. The Morgan fingerprint density at radius 1 is 1.10 bits per heavy atom. The number of pyridine rings is 1. The molecule has 0 amide bonds. The van der Waals surface area contributed by atoms with Gasteiger partial charge in [0.1, 0.15) is 11.9 Å². The molecule has 0 radical (unpaired) electrons. The van der Waals surface area contributed by atoms with Crippen LogP contribution in [-0.2, 0) is 30.9 Å². The number of aromatic carboxylic acids is 1. The van der Waals surface area contributed by atoms with Gasteiger partial charge in [-0.15, -0.1) is 0 Å². The van der Waals surface area contributed by atoms with Crippen LogP contribution in [0.5, 0.6) is 0 Å². The van der Waals surface area contributed by atoms with Gasteiger partial charge in [-0.3, -0.25) is 9.59 Å². The lowest BCUT2D eigenvalue weighted by molar-refractivity contribution is -0.165. The van der Waals surface area contributed by atoms with E-state index in [1.807, 2.05) is 0 Å². The number of nitrogens with zero attached hydrogens (tertiary/aromatic N) is 3. The second-order valence-electron chi connectivity index (χ2n) is 6.56. The van der Waals surface area contributed by atoms with Gasteiger partial charge in [-0.05, 0) is 25.5 Å². The molecule has 0 unspecified atom stereocenters. The van der Waals surface area contributed by atoms with E-state index in [0.717, 1.165) is 10.8 Å². The number of ether oxygens (including phenoxy) is 2. The molecule has 0 bridgehead atoms. The summed E-state index contributed by atoms with van der Waals surface area (Å²) in [5.74, 6) is -3.06. The van der Waals surface area contributed by atoms with Crippen molar-refractivity contribution in [3.05, 3.63) is 64.6 Å².